The van der Waals surface area contributed by atoms with Gasteiger partial charge in [-0.2, -0.15) is 0 Å². The van der Waals surface area contributed by atoms with Crippen LogP contribution in [0.3, 0.4) is 0 Å². The van der Waals surface area contributed by atoms with Gasteiger partial charge in [0.25, 0.3) is 5.91 Å². The fourth-order valence-corrected chi connectivity index (χ4v) is 2.48. The number of aromatic nitrogens is 1. The lowest BCUT2D eigenvalue weighted by atomic mass is 10.0. The minimum absolute atomic E-state index is 0.0958. The molecule has 1 aliphatic rings. The number of nitrogens with zero attached hydrogens (tertiary/aromatic N) is 2. The van der Waals surface area contributed by atoms with Crippen LogP contribution in [0.2, 0.25) is 0 Å². The minimum atomic E-state index is -0.164. The Kier molecular flexibility index (Phi) is 4.52. The molecule has 0 spiro atoms. The van der Waals surface area contributed by atoms with Crippen LogP contribution in [0, 0.1) is 0 Å². The van der Waals surface area contributed by atoms with Crippen molar-refractivity contribution in [1.29, 1.82) is 0 Å². The molecule has 2 amide bonds. The molecule has 0 aromatic carbocycles. The standard InChI is InChI=1S/C13H16BrN3O2/c1-9(18)17-7-5-10(6-8-17)15-13(19)11-3-2-4-12(14)16-11/h2-4,10H,5-8H2,1H3,(H,15,19). The maximum atomic E-state index is 12.0. The molecule has 1 aliphatic heterocycles. The van der Waals surface area contributed by atoms with Gasteiger partial charge in [0.1, 0.15) is 10.3 Å². The number of likely N-dealkylation sites (tertiary alicyclic amines) is 1. The number of hydrogen-bond acceptors (Lipinski definition) is 3. The first kappa shape index (κ1) is 14.0. The van der Waals surface area contributed by atoms with Gasteiger partial charge in [-0.25, -0.2) is 4.98 Å². The first-order valence-corrected chi connectivity index (χ1v) is 7.04. The van der Waals surface area contributed by atoms with E-state index in [1.54, 1.807) is 30.0 Å². The molecular formula is C13H16BrN3O2. The van der Waals surface area contributed by atoms with E-state index in [1.807, 2.05) is 0 Å². The number of hydrogen-bond donors (Lipinski definition) is 1. The quantitative estimate of drug-likeness (QED) is 0.840. The number of nitrogens with one attached hydrogen (secondary N) is 1. The molecule has 2 rings (SSSR count). The summed E-state index contributed by atoms with van der Waals surface area (Å²) < 4.78 is 0.645. The van der Waals surface area contributed by atoms with Gasteiger partial charge in [0.2, 0.25) is 5.91 Å². The van der Waals surface area contributed by atoms with E-state index in [2.05, 4.69) is 26.2 Å². The van der Waals surface area contributed by atoms with E-state index >= 15 is 0 Å². The fourth-order valence-electron chi connectivity index (χ4n) is 2.13. The lowest BCUT2D eigenvalue weighted by Crippen LogP contribution is -2.46. The van der Waals surface area contributed by atoms with E-state index in [0.29, 0.717) is 23.4 Å². The number of carbonyl (C=O) groups excluding carboxylic acids is 2. The fraction of sp³-hybridized carbons (Fsp3) is 0.462. The topological polar surface area (TPSA) is 62.3 Å². The Hall–Kier alpha value is -1.43. The maximum Gasteiger partial charge on any atom is 0.270 e. The van der Waals surface area contributed by atoms with E-state index in [4.69, 9.17) is 0 Å². The Balaban J connectivity index is 1.89. The van der Waals surface area contributed by atoms with Crippen molar-refractivity contribution >= 4 is 27.7 Å². The van der Waals surface area contributed by atoms with Crippen LogP contribution in [0.5, 0.6) is 0 Å². The predicted octanol–water partition coefficient (Wildman–Crippen LogP) is 1.58. The van der Waals surface area contributed by atoms with Crippen molar-refractivity contribution in [2.45, 2.75) is 25.8 Å². The van der Waals surface area contributed by atoms with E-state index < -0.39 is 0 Å². The van der Waals surface area contributed by atoms with Crippen LogP contribution in [-0.2, 0) is 4.79 Å². The number of pyridine rings is 1. The normalized spacial score (nSPS) is 16.2. The summed E-state index contributed by atoms with van der Waals surface area (Å²) >= 11 is 3.24. The van der Waals surface area contributed by atoms with Crippen molar-refractivity contribution in [3.05, 3.63) is 28.5 Å². The monoisotopic (exact) mass is 325 g/mol. The molecule has 102 valence electrons. The molecule has 19 heavy (non-hydrogen) atoms. The van der Waals surface area contributed by atoms with Gasteiger partial charge in [-0.15, -0.1) is 0 Å². The second-order valence-electron chi connectivity index (χ2n) is 4.60. The van der Waals surface area contributed by atoms with Crippen molar-refractivity contribution in [2.75, 3.05) is 13.1 Å². The third kappa shape index (κ3) is 3.76. The first-order valence-electron chi connectivity index (χ1n) is 6.25. The zero-order valence-corrected chi connectivity index (χ0v) is 12.3. The van der Waals surface area contributed by atoms with Crippen LogP contribution >= 0.6 is 15.9 Å². The van der Waals surface area contributed by atoms with Gasteiger partial charge >= 0.3 is 0 Å². The van der Waals surface area contributed by atoms with Crippen LogP contribution < -0.4 is 5.32 Å². The van der Waals surface area contributed by atoms with Crippen LogP contribution in [0.15, 0.2) is 22.8 Å². The number of piperidine rings is 1. The average molecular weight is 326 g/mol. The molecule has 5 nitrogen and oxygen atoms in total. The van der Waals surface area contributed by atoms with Gasteiger partial charge in [-0.3, -0.25) is 9.59 Å². The van der Waals surface area contributed by atoms with Gasteiger partial charge in [0.05, 0.1) is 0 Å². The molecule has 0 bridgehead atoms. The summed E-state index contributed by atoms with van der Waals surface area (Å²) in [6.45, 7) is 2.97. The summed E-state index contributed by atoms with van der Waals surface area (Å²) in [7, 11) is 0. The summed E-state index contributed by atoms with van der Waals surface area (Å²) in [6.07, 6.45) is 1.58. The number of amides is 2. The highest BCUT2D eigenvalue weighted by Crippen LogP contribution is 2.12. The average Bonchev–Trinajstić information content (AvgIpc) is 2.39. The number of rotatable bonds is 2. The molecule has 1 aromatic heterocycles. The van der Waals surface area contributed by atoms with E-state index in [1.165, 1.54) is 0 Å². The van der Waals surface area contributed by atoms with Crippen LogP contribution in [0.4, 0.5) is 0 Å². The maximum absolute atomic E-state index is 12.0. The summed E-state index contributed by atoms with van der Waals surface area (Å²) in [5.74, 6) is -0.0685. The highest BCUT2D eigenvalue weighted by molar-refractivity contribution is 9.10. The van der Waals surface area contributed by atoms with Gasteiger partial charge in [-0.05, 0) is 40.9 Å². The first-order chi connectivity index (χ1) is 9.06. The van der Waals surface area contributed by atoms with Gasteiger partial charge in [0.15, 0.2) is 0 Å². The summed E-state index contributed by atoms with van der Waals surface area (Å²) in [4.78, 5) is 29.1. The smallest absolute Gasteiger partial charge is 0.270 e. The molecule has 1 aromatic rings. The third-order valence-corrected chi connectivity index (χ3v) is 3.66. The molecule has 0 radical (unpaired) electrons. The molecule has 2 heterocycles. The van der Waals surface area contributed by atoms with E-state index in [0.717, 1.165) is 12.8 Å². The van der Waals surface area contributed by atoms with Crippen LogP contribution in [-0.4, -0.2) is 40.8 Å². The van der Waals surface area contributed by atoms with Crippen LogP contribution in [0.1, 0.15) is 30.3 Å². The Labute approximate surface area is 120 Å². The predicted molar refractivity (Wildman–Crippen MR) is 74.7 cm³/mol. The zero-order chi connectivity index (χ0) is 13.8. The Morgan fingerprint density at radius 2 is 2.05 bits per heavy atom. The number of halogens is 1. The third-order valence-electron chi connectivity index (χ3n) is 3.22. The van der Waals surface area contributed by atoms with Gasteiger partial charge in [-0.1, -0.05) is 6.07 Å². The minimum Gasteiger partial charge on any atom is -0.348 e. The van der Waals surface area contributed by atoms with Gasteiger partial charge < -0.3 is 10.2 Å². The zero-order valence-electron chi connectivity index (χ0n) is 10.7. The molecule has 0 aliphatic carbocycles. The molecule has 0 unspecified atom stereocenters. The lowest BCUT2D eigenvalue weighted by Gasteiger charge is -2.31. The Morgan fingerprint density at radius 3 is 2.63 bits per heavy atom. The summed E-state index contributed by atoms with van der Waals surface area (Å²) in [6, 6.07) is 5.36. The van der Waals surface area contributed by atoms with Crippen LogP contribution in [0.25, 0.3) is 0 Å². The Morgan fingerprint density at radius 1 is 1.37 bits per heavy atom. The van der Waals surface area contributed by atoms with Crippen molar-refractivity contribution in [3.8, 4) is 0 Å². The molecule has 0 atom stereocenters. The number of carbonyl (C=O) groups is 2. The SMILES string of the molecule is CC(=O)N1CCC(NC(=O)c2cccc(Br)n2)CC1. The summed E-state index contributed by atoms with van der Waals surface area (Å²) in [5, 5.41) is 2.96. The van der Waals surface area contributed by atoms with Gasteiger partial charge in [0, 0.05) is 26.1 Å². The van der Waals surface area contributed by atoms with E-state index in [9.17, 15) is 9.59 Å². The summed E-state index contributed by atoms with van der Waals surface area (Å²) in [5.41, 5.74) is 0.406. The molecule has 0 saturated carbocycles. The van der Waals surface area contributed by atoms with Crippen molar-refractivity contribution in [3.63, 3.8) is 0 Å². The largest absolute Gasteiger partial charge is 0.348 e. The molecular weight excluding hydrogens is 310 g/mol. The van der Waals surface area contributed by atoms with Crippen molar-refractivity contribution < 1.29 is 9.59 Å². The van der Waals surface area contributed by atoms with Crippen molar-refractivity contribution in [1.82, 2.24) is 15.2 Å². The highest BCUT2D eigenvalue weighted by Gasteiger charge is 2.22. The molecule has 1 N–H and O–H groups in total. The second-order valence-corrected chi connectivity index (χ2v) is 5.41. The molecule has 1 fully saturated rings. The lowest BCUT2D eigenvalue weighted by molar-refractivity contribution is -0.129. The highest BCUT2D eigenvalue weighted by atomic mass is 79.9. The molecule has 6 heteroatoms. The molecule has 1 saturated heterocycles. The second kappa shape index (κ2) is 6.14. The Bertz CT molecular complexity index is 485. The van der Waals surface area contributed by atoms with Crippen molar-refractivity contribution in [2.24, 2.45) is 0 Å². The van der Waals surface area contributed by atoms with E-state index in [-0.39, 0.29) is 17.9 Å².